The predicted molar refractivity (Wildman–Crippen MR) is 73.8 cm³/mol. The molecule has 2 atom stereocenters. The summed E-state index contributed by atoms with van der Waals surface area (Å²) in [5.74, 6) is 0.788. The van der Waals surface area contributed by atoms with Gasteiger partial charge in [-0.25, -0.2) is 0 Å². The lowest BCUT2D eigenvalue weighted by Crippen LogP contribution is -2.40. The fraction of sp³-hybridized carbons (Fsp3) is 0.714. The van der Waals surface area contributed by atoms with Gasteiger partial charge in [-0.15, -0.1) is 11.3 Å². The Kier molecular flexibility index (Phi) is 4.60. The maximum Gasteiger partial charge on any atom is 0.0587 e. The van der Waals surface area contributed by atoms with Crippen LogP contribution in [0.5, 0.6) is 0 Å². The van der Waals surface area contributed by atoms with Crippen molar-refractivity contribution in [3.63, 3.8) is 0 Å². The van der Waals surface area contributed by atoms with E-state index in [-0.39, 0.29) is 0 Å². The first-order valence-corrected chi connectivity index (χ1v) is 7.41. The molecular weight excluding hydrogens is 230 g/mol. The zero-order chi connectivity index (χ0) is 12.1. The number of thiophene rings is 1. The van der Waals surface area contributed by atoms with E-state index in [0.717, 1.165) is 25.6 Å². The van der Waals surface area contributed by atoms with Crippen LogP contribution in [0.25, 0.3) is 0 Å². The summed E-state index contributed by atoms with van der Waals surface area (Å²) in [6, 6.07) is 4.49. The summed E-state index contributed by atoms with van der Waals surface area (Å²) in [6.45, 7) is 5.26. The molecule has 1 heterocycles. The van der Waals surface area contributed by atoms with Crippen LogP contribution in [0.1, 0.15) is 31.1 Å². The number of rotatable bonds is 6. The van der Waals surface area contributed by atoms with E-state index in [9.17, 15) is 0 Å². The van der Waals surface area contributed by atoms with Crippen molar-refractivity contribution < 1.29 is 4.74 Å². The Morgan fingerprint density at radius 3 is 3.06 bits per heavy atom. The molecule has 1 aromatic rings. The molecule has 96 valence electrons. The van der Waals surface area contributed by atoms with Gasteiger partial charge in [0.05, 0.1) is 6.61 Å². The molecule has 1 N–H and O–H groups in total. The summed E-state index contributed by atoms with van der Waals surface area (Å²) in [7, 11) is 1.76. The molecule has 0 bridgehead atoms. The van der Waals surface area contributed by atoms with E-state index in [2.05, 4.69) is 29.8 Å². The fourth-order valence-corrected chi connectivity index (χ4v) is 4.08. The second-order valence-corrected chi connectivity index (χ2v) is 6.04. The summed E-state index contributed by atoms with van der Waals surface area (Å²) in [5.41, 5.74) is 0.377. The standard InChI is InChI=1S/C14H23NOS/c1-12-5-3-7-14(12,11-15-8-9-16-2)13-6-4-10-17-13/h4,6,10,12,15H,3,5,7-9,11H2,1-2H3. The van der Waals surface area contributed by atoms with Crippen molar-refractivity contribution in [2.45, 2.75) is 31.6 Å². The predicted octanol–water partition coefficient (Wildman–Crippen LogP) is 3.04. The minimum atomic E-state index is 0.377. The monoisotopic (exact) mass is 253 g/mol. The highest BCUT2D eigenvalue weighted by molar-refractivity contribution is 7.10. The average molecular weight is 253 g/mol. The van der Waals surface area contributed by atoms with E-state index >= 15 is 0 Å². The summed E-state index contributed by atoms with van der Waals surface area (Å²) >= 11 is 1.92. The molecule has 0 amide bonds. The van der Waals surface area contributed by atoms with E-state index in [1.165, 1.54) is 19.3 Å². The van der Waals surface area contributed by atoms with E-state index in [1.54, 1.807) is 12.0 Å². The van der Waals surface area contributed by atoms with Gasteiger partial charge in [0.15, 0.2) is 0 Å². The number of ether oxygens (including phenoxy) is 1. The first-order valence-electron chi connectivity index (χ1n) is 6.53. The van der Waals surface area contributed by atoms with Crippen LogP contribution >= 0.6 is 11.3 Å². The zero-order valence-electron chi connectivity index (χ0n) is 10.9. The molecule has 1 aromatic heterocycles. The van der Waals surface area contributed by atoms with Crippen LogP contribution in [0.4, 0.5) is 0 Å². The number of hydrogen-bond donors (Lipinski definition) is 1. The maximum atomic E-state index is 5.10. The Labute approximate surface area is 108 Å². The molecule has 1 aliphatic rings. The highest BCUT2D eigenvalue weighted by atomic mass is 32.1. The van der Waals surface area contributed by atoms with Gasteiger partial charge in [0, 0.05) is 30.5 Å². The van der Waals surface area contributed by atoms with Crippen molar-refractivity contribution >= 4 is 11.3 Å². The van der Waals surface area contributed by atoms with Crippen LogP contribution in [0.2, 0.25) is 0 Å². The minimum absolute atomic E-state index is 0.377. The topological polar surface area (TPSA) is 21.3 Å². The highest BCUT2D eigenvalue weighted by Crippen LogP contribution is 2.46. The molecule has 1 aliphatic carbocycles. The molecule has 17 heavy (non-hydrogen) atoms. The van der Waals surface area contributed by atoms with Gasteiger partial charge in [0.2, 0.25) is 0 Å². The van der Waals surface area contributed by atoms with Crippen LogP contribution in [0, 0.1) is 5.92 Å². The second-order valence-electron chi connectivity index (χ2n) is 5.10. The van der Waals surface area contributed by atoms with Gasteiger partial charge in [0.1, 0.15) is 0 Å². The lowest BCUT2D eigenvalue weighted by molar-refractivity contribution is 0.194. The molecular formula is C14H23NOS. The van der Waals surface area contributed by atoms with Gasteiger partial charge in [0.25, 0.3) is 0 Å². The molecule has 0 aromatic carbocycles. The average Bonchev–Trinajstić information content (AvgIpc) is 2.95. The molecule has 0 radical (unpaired) electrons. The first-order chi connectivity index (χ1) is 8.29. The molecule has 2 rings (SSSR count). The quantitative estimate of drug-likeness (QED) is 0.787. The Morgan fingerprint density at radius 1 is 1.59 bits per heavy atom. The van der Waals surface area contributed by atoms with E-state index in [4.69, 9.17) is 4.74 Å². The van der Waals surface area contributed by atoms with Crippen molar-refractivity contribution in [1.29, 1.82) is 0 Å². The Morgan fingerprint density at radius 2 is 2.47 bits per heavy atom. The van der Waals surface area contributed by atoms with Gasteiger partial charge in [-0.2, -0.15) is 0 Å². The lowest BCUT2D eigenvalue weighted by atomic mass is 9.77. The van der Waals surface area contributed by atoms with Crippen molar-refractivity contribution in [3.05, 3.63) is 22.4 Å². The van der Waals surface area contributed by atoms with Crippen molar-refractivity contribution in [1.82, 2.24) is 5.32 Å². The smallest absolute Gasteiger partial charge is 0.0587 e. The molecule has 3 heteroatoms. The summed E-state index contributed by atoms with van der Waals surface area (Å²) in [5, 5.41) is 5.78. The van der Waals surface area contributed by atoms with E-state index < -0.39 is 0 Å². The summed E-state index contributed by atoms with van der Waals surface area (Å²) in [6.07, 6.45) is 4.06. The largest absolute Gasteiger partial charge is 0.383 e. The molecule has 2 unspecified atom stereocenters. The summed E-state index contributed by atoms with van der Waals surface area (Å²) < 4.78 is 5.10. The summed E-state index contributed by atoms with van der Waals surface area (Å²) in [4.78, 5) is 1.56. The zero-order valence-corrected chi connectivity index (χ0v) is 11.7. The van der Waals surface area contributed by atoms with Gasteiger partial charge in [-0.3, -0.25) is 0 Å². The Bertz CT molecular complexity index is 325. The fourth-order valence-electron chi connectivity index (χ4n) is 3.01. The third-order valence-electron chi connectivity index (χ3n) is 4.14. The van der Waals surface area contributed by atoms with Crippen LogP contribution in [0.15, 0.2) is 17.5 Å². The molecule has 0 spiro atoms. The lowest BCUT2D eigenvalue weighted by Gasteiger charge is -2.33. The normalized spacial score (nSPS) is 28.7. The number of hydrogen-bond acceptors (Lipinski definition) is 3. The van der Waals surface area contributed by atoms with Gasteiger partial charge < -0.3 is 10.1 Å². The van der Waals surface area contributed by atoms with Crippen molar-refractivity contribution in [2.24, 2.45) is 5.92 Å². The van der Waals surface area contributed by atoms with Crippen LogP contribution < -0.4 is 5.32 Å². The maximum absolute atomic E-state index is 5.10. The van der Waals surface area contributed by atoms with Gasteiger partial charge >= 0.3 is 0 Å². The van der Waals surface area contributed by atoms with Crippen LogP contribution in [-0.4, -0.2) is 26.8 Å². The Hall–Kier alpha value is -0.380. The third kappa shape index (κ3) is 2.72. The Balaban J connectivity index is 2.03. The van der Waals surface area contributed by atoms with E-state index in [0.29, 0.717) is 5.41 Å². The molecule has 2 nitrogen and oxygen atoms in total. The molecule has 0 aliphatic heterocycles. The number of nitrogens with one attached hydrogen (secondary N) is 1. The highest BCUT2D eigenvalue weighted by Gasteiger charge is 2.41. The van der Waals surface area contributed by atoms with Crippen LogP contribution in [-0.2, 0) is 10.2 Å². The van der Waals surface area contributed by atoms with Gasteiger partial charge in [-0.1, -0.05) is 19.4 Å². The number of methoxy groups -OCH3 is 1. The van der Waals surface area contributed by atoms with E-state index in [1.807, 2.05) is 11.3 Å². The molecule has 0 saturated heterocycles. The molecule has 1 fully saturated rings. The third-order valence-corrected chi connectivity index (χ3v) is 5.23. The van der Waals surface area contributed by atoms with Gasteiger partial charge in [-0.05, 0) is 30.2 Å². The second kappa shape index (κ2) is 5.98. The van der Waals surface area contributed by atoms with Crippen LogP contribution in [0.3, 0.4) is 0 Å². The SMILES string of the molecule is COCCNCC1(c2cccs2)CCCC1C. The molecule has 1 saturated carbocycles. The minimum Gasteiger partial charge on any atom is -0.383 e. The van der Waals surface area contributed by atoms with Crippen molar-refractivity contribution in [2.75, 3.05) is 26.8 Å². The first kappa shape index (κ1) is 13.1. The van der Waals surface area contributed by atoms with Crippen molar-refractivity contribution in [3.8, 4) is 0 Å².